The number of methoxy groups -OCH3 is 1. The third-order valence-electron chi connectivity index (χ3n) is 5.37. The molecule has 1 aromatic carbocycles. The third-order valence-corrected chi connectivity index (χ3v) is 5.37. The van der Waals surface area contributed by atoms with Crippen LogP contribution in [-0.4, -0.2) is 65.7 Å². The van der Waals surface area contributed by atoms with Gasteiger partial charge in [0.25, 0.3) is 0 Å². The van der Waals surface area contributed by atoms with Crippen LogP contribution in [0.5, 0.6) is 5.75 Å². The lowest BCUT2D eigenvalue weighted by Gasteiger charge is -2.33. The van der Waals surface area contributed by atoms with Gasteiger partial charge >= 0.3 is 0 Å². The second-order valence-corrected chi connectivity index (χ2v) is 7.90. The highest BCUT2D eigenvalue weighted by Gasteiger charge is 2.27. The smallest absolute Gasteiger partial charge is 0.225 e. The minimum absolute atomic E-state index is 0.179. The van der Waals surface area contributed by atoms with Gasteiger partial charge in [0.05, 0.1) is 19.4 Å². The number of nitrogens with zero attached hydrogens (tertiary/aromatic N) is 6. The summed E-state index contributed by atoms with van der Waals surface area (Å²) in [7, 11) is 5.59. The zero-order chi connectivity index (χ0) is 21.8. The van der Waals surface area contributed by atoms with Crippen LogP contribution in [0, 0.1) is 6.92 Å². The summed E-state index contributed by atoms with van der Waals surface area (Å²) >= 11 is 0. The largest absolute Gasteiger partial charge is 0.496 e. The average molecular weight is 421 g/mol. The standard InChI is InChI=1S/C23H28N6O2/c1-16-5-6-17(20(9-16)30-4)13-29-7-8-31-21(14-29)22-19(18-10-24-15-25-11-18)12-26-23(27-22)28(2)3/h5-6,9-12,15,21H,7-8,13-14H2,1-4H3/t21-/m0/s1. The Kier molecular flexibility index (Phi) is 6.39. The maximum Gasteiger partial charge on any atom is 0.225 e. The molecule has 162 valence electrons. The van der Waals surface area contributed by atoms with E-state index in [1.54, 1.807) is 19.5 Å². The SMILES string of the molecule is COc1cc(C)ccc1CN1CCO[C@H](c2nc(N(C)C)ncc2-c2cncnc2)C1. The Hall–Kier alpha value is -3.10. The highest BCUT2D eigenvalue weighted by molar-refractivity contribution is 5.64. The van der Waals surface area contributed by atoms with Gasteiger partial charge in [-0.05, 0) is 18.6 Å². The summed E-state index contributed by atoms with van der Waals surface area (Å²) in [6.07, 6.45) is 6.74. The van der Waals surface area contributed by atoms with Crippen molar-refractivity contribution in [2.24, 2.45) is 0 Å². The molecule has 3 aromatic rings. The van der Waals surface area contributed by atoms with Crippen LogP contribution in [0.15, 0.2) is 43.1 Å². The van der Waals surface area contributed by atoms with E-state index in [2.05, 4.69) is 45.0 Å². The summed E-state index contributed by atoms with van der Waals surface area (Å²) in [5, 5.41) is 0. The van der Waals surface area contributed by atoms with Crippen LogP contribution in [0.25, 0.3) is 11.1 Å². The van der Waals surface area contributed by atoms with E-state index in [0.29, 0.717) is 12.6 Å². The van der Waals surface area contributed by atoms with Crippen molar-refractivity contribution in [3.63, 3.8) is 0 Å². The van der Waals surface area contributed by atoms with Gasteiger partial charge in [-0.1, -0.05) is 12.1 Å². The van der Waals surface area contributed by atoms with Crippen molar-refractivity contribution >= 4 is 5.95 Å². The number of anilines is 1. The summed E-state index contributed by atoms with van der Waals surface area (Å²) in [4.78, 5) is 21.9. The van der Waals surface area contributed by atoms with Crippen LogP contribution >= 0.6 is 0 Å². The van der Waals surface area contributed by atoms with Crippen molar-refractivity contribution in [1.82, 2.24) is 24.8 Å². The molecule has 1 saturated heterocycles. The molecule has 3 heterocycles. The summed E-state index contributed by atoms with van der Waals surface area (Å²) in [6.45, 7) is 5.07. The first-order valence-corrected chi connectivity index (χ1v) is 10.3. The highest BCUT2D eigenvalue weighted by atomic mass is 16.5. The Bertz CT molecular complexity index is 1030. The molecule has 1 atom stereocenters. The Balaban J connectivity index is 1.62. The predicted molar refractivity (Wildman–Crippen MR) is 119 cm³/mol. The Morgan fingerprint density at radius 1 is 1.19 bits per heavy atom. The van der Waals surface area contributed by atoms with Gasteiger partial charge in [-0.25, -0.2) is 19.9 Å². The summed E-state index contributed by atoms with van der Waals surface area (Å²) < 4.78 is 11.8. The molecule has 4 rings (SSSR count). The van der Waals surface area contributed by atoms with E-state index in [9.17, 15) is 0 Å². The number of hydrogen-bond donors (Lipinski definition) is 0. The van der Waals surface area contributed by atoms with Gasteiger partial charge in [0.2, 0.25) is 5.95 Å². The van der Waals surface area contributed by atoms with Crippen LogP contribution in [0.3, 0.4) is 0 Å². The number of aryl methyl sites for hydroxylation is 1. The molecule has 0 bridgehead atoms. The lowest BCUT2D eigenvalue weighted by atomic mass is 10.0. The minimum Gasteiger partial charge on any atom is -0.496 e. The molecule has 0 saturated carbocycles. The number of aromatic nitrogens is 4. The highest BCUT2D eigenvalue weighted by Crippen LogP contribution is 2.32. The maximum atomic E-state index is 6.18. The fourth-order valence-electron chi connectivity index (χ4n) is 3.74. The molecule has 8 heteroatoms. The first kappa shape index (κ1) is 21.1. The fraction of sp³-hybridized carbons (Fsp3) is 0.391. The van der Waals surface area contributed by atoms with Crippen LogP contribution in [0.1, 0.15) is 22.9 Å². The zero-order valence-electron chi connectivity index (χ0n) is 18.4. The summed E-state index contributed by atoms with van der Waals surface area (Å²) in [5.74, 6) is 1.57. The quantitative estimate of drug-likeness (QED) is 0.603. The first-order valence-electron chi connectivity index (χ1n) is 10.3. The van der Waals surface area contributed by atoms with Gasteiger partial charge < -0.3 is 14.4 Å². The van der Waals surface area contributed by atoms with Crippen LogP contribution < -0.4 is 9.64 Å². The fourth-order valence-corrected chi connectivity index (χ4v) is 3.74. The number of morpholine rings is 1. The molecule has 2 aromatic heterocycles. The van der Waals surface area contributed by atoms with Crippen molar-refractivity contribution in [3.8, 4) is 16.9 Å². The molecule has 31 heavy (non-hydrogen) atoms. The van der Waals surface area contributed by atoms with E-state index >= 15 is 0 Å². The second-order valence-electron chi connectivity index (χ2n) is 7.90. The Labute approximate surface area is 182 Å². The third kappa shape index (κ3) is 4.81. The van der Waals surface area contributed by atoms with Gasteiger partial charge in [0.15, 0.2) is 0 Å². The number of benzene rings is 1. The van der Waals surface area contributed by atoms with Gasteiger partial charge in [0.1, 0.15) is 18.2 Å². The molecular formula is C23H28N6O2. The molecular weight excluding hydrogens is 392 g/mol. The molecule has 0 unspecified atom stereocenters. The predicted octanol–water partition coefficient (Wildman–Crippen LogP) is 2.89. The van der Waals surface area contributed by atoms with Gasteiger partial charge in [0, 0.05) is 69.0 Å². The second kappa shape index (κ2) is 9.36. The van der Waals surface area contributed by atoms with Crippen molar-refractivity contribution in [1.29, 1.82) is 0 Å². The number of rotatable bonds is 6. The molecule has 0 spiro atoms. The topological polar surface area (TPSA) is 76.5 Å². The van der Waals surface area contributed by atoms with E-state index in [4.69, 9.17) is 14.5 Å². The molecule has 0 amide bonds. The van der Waals surface area contributed by atoms with Gasteiger partial charge in [-0.3, -0.25) is 4.90 Å². The molecule has 8 nitrogen and oxygen atoms in total. The molecule has 0 radical (unpaired) electrons. The van der Waals surface area contributed by atoms with Crippen molar-refractivity contribution in [2.75, 3.05) is 45.8 Å². The Morgan fingerprint density at radius 2 is 2.00 bits per heavy atom. The summed E-state index contributed by atoms with van der Waals surface area (Å²) in [5.41, 5.74) is 4.98. The number of hydrogen-bond acceptors (Lipinski definition) is 8. The van der Waals surface area contributed by atoms with E-state index < -0.39 is 0 Å². The van der Waals surface area contributed by atoms with Crippen LogP contribution in [0.2, 0.25) is 0 Å². The lowest BCUT2D eigenvalue weighted by molar-refractivity contribution is -0.0348. The normalized spacial score (nSPS) is 16.8. The summed E-state index contributed by atoms with van der Waals surface area (Å²) in [6, 6.07) is 6.34. The monoisotopic (exact) mass is 420 g/mol. The van der Waals surface area contributed by atoms with Crippen molar-refractivity contribution in [2.45, 2.75) is 19.6 Å². The molecule has 1 aliphatic heterocycles. The van der Waals surface area contributed by atoms with Gasteiger partial charge in [-0.2, -0.15) is 0 Å². The number of ether oxygens (including phenoxy) is 2. The van der Waals surface area contributed by atoms with Crippen molar-refractivity contribution in [3.05, 3.63) is 59.9 Å². The van der Waals surface area contributed by atoms with E-state index in [0.717, 1.165) is 42.2 Å². The molecule has 0 aliphatic carbocycles. The van der Waals surface area contributed by atoms with Crippen LogP contribution in [-0.2, 0) is 11.3 Å². The first-order chi connectivity index (χ1) is 15.0. The van der Waals surface area contributed by atoms with E-state index in [1.165, 1.54) is 17.5 Å². The molecule has 1 fully saturated rings. The van der Waals surface area contributed by atoms with Crippen molar-refractivity contribution < 1.29 is 9.47 Å². The zero-order valence-corrected chi connectivity index (χ0v) is 18.4. The van der Waals surface area contributed by atoms with E-state index in [-0.39, 0.29) is 6.10 Å². The van der Waals surface area contributed by atoms with E-state index in [1.807, 2.05) is 25.2 Å². The lowest BCUT2D eigenvalue weighted by Crippen LogP contribution is -2.38. The Morgan fingerprint density at radius 3 is 2.74 bits per heavy atom. The average Bonchev–Trinajstić information content (AvgIpc) is 2.80. The molecule has 1 aliphatic rings. The van der Waals surface area contributed by atoms with Crippen LogP contribution in [0.4, 0.5) is 5.95 Å². The molecule has 0 N–H and O–H groups in total. The minimum atomic E-state index is -0.179. The van der Waals surface area contributed by atoms with Gasteiger partial charge in [-0.15, -0.1) is 0 Å². The maximum absolute atomic E-state index is 6.18.